The fourth-order valence-electron chi connectivity index (χ4n) is 1.59. The molecular weight excluding hydrogens is 238 g/mol. The van der Waals surface area contributed by atoms with Gasteiger partial charge in [-0.25, -0.2) is 9.50 Å². The van der Waals surface area contributed by atoms with Crippen LogP contribution in [0.15, 0.2) is 18.3 Å². The van der Waals surface area contributed by atoms with E-state index >= 15 is 0 Å². The molecule has 5 heteroatoms. The topological polar surface area (TPSA) is 30.2 Å². The second-order valence-corrected chi connectivity index (χ2v) is 5.96. The first kappa shape index (κ1) is 11.8. The maximum Gasteiger partial charge on any atom is 0.155 e. The van der Waals surface area contributed by atoms with Crippen molar-refractivity contribution < 1.29 is 0 Å². The lowest BCUT2D eigenvalue weighted by atomic mass is 10.1. The summed E-state index contributed by atoms with van der Waals surface area (Å²) in [5.74, 6) is 0.930. The van der Waals surface area contributed by atoms with E-state index in [1.165, 1.54) is 0 Å². The lowest BCUT2D eigenvalue weighted by Crippen LogP contribution is -2.17. The summed E-state index contributed by atoms with van der Waals surface area (Å²) >= 11 is 6.44. The van der Waals surface area contributed by atoms with Gasteiger partial charge in [0.15, 0.2) is 5.65 Å². The average molecular weight is 253 g/mol. The van der Waals surface area contributed by atoms with Crippen LogP contribution < -0.4 is 0 Å². The fourth-order valence-corrected chi connectivity index (χ4v) is 2.80. The predicted octanol–water partition coefficient (Wildman–Crippen LogP) is 2.55. The highest BCUT2D eigenvalue weighted by molar-refractivity contribution is 7.99. The van der Waals surface area contributed by atoms with Crippen molar-refractivity contribution in [2.45, 2.75) is 18.6 Å². The molecule has 3 nitrogen and oxygen atoms in total. The molecule has 1 atom stereocenters. The molecule has 0 amide bonds. The number of thioether (sulfide) groups is 1. The van der Waals surface area contributed by atoms with Gasteiger partial charge < -0.3 is 0 Å². The average Bonchev–Trinajstić information content (AvgIpc) is 2.61. The van der Waals surface area contributed by atoms with Gasteiger partial charge in [-0.1, -0.05) is 0 Å². The third-order valence-corrected chi connectivity index (χ3v) is 3.91. The fraction of sp³-hybridized carbons (Fsp3) is 0.455. The molecule has 0 saturated heterocycles. The van der Waals surface area contributed by atoms with E-state index in [9.17, 15) is 0 Å². The van der Waals surface area contributed by atoms with Gasteiger partial charge in [0.25, 0.3) is 0 Å². The first-order valence-electron chi connectivity index (χ1n) is 5.08. The Balaban J connectivity index is 2.46. The van der Waals surface area contributed by atoms with Gasteiger partial charge in [-0.15, -0.1) is 0 Å². The zero-order chi connectivity index (χ0) is 11.8. The van der Waals surface area contributed by atoms with Crippen LogP contribution in [0.4, 0.5) is 0 Å². The first-order valence-corrected chi connectivity index (χ1v) is 6.92. The summed E-state index contributed by atoms with van der Waals surface area (Å²) in [4.78, 5) is 4.43. The molecule has 0 aliphatic rings. The van der Waals surface area contributed by atoms with Crippen LogP contribution in [0.1, 0.15) is 18.3 Å². The van der Waals surface area contributed by atoms with E-state index in [1.807, 2.05) is 25.3 Å². The molecule has 0 N–H and O–H groups in total. The van der Waals surface area contributed by atoms with E-state index in [-0.39, 0.29) is 4.75 Å². The Bertz CT molecular complexity index is 505. The zero-order valence-corrected chi connectivity index (χ0v) is 11.3. The number of rotatable bonds is 3. The third kappa shape index (κ3) is 2.20. The molecule has 16 heavy (non-hydrogen) atoms. The summed E-state index contributed by atoms with van der Waals surface area (Å²) in [5.41, 5.74) is 2.87. The van der Waals surface area contributed by atoms with Crippen LogP contribution in [-0.2, 0) is 4.75 Å². The largest absolute Gasteiger partial charge is 0.234 e. The molecule has 0 fully saturated rings. The quantitative estimate of drug-likeness (QED) is 0.853. The Kier molecular flexibility index (Phi) is 3.17. The Morgan fingerprint density at radius 1 is 1.56 bits per heavy atom. The molecule has 0 saturated carbocycles. The number of thiol groups is 1. The molecular formula is C11H15N3S2. The Labute approximate surface area is 105 Å². The summed E-state index contributed by atoms with van der Waals surface area (Å²) in [6, 6.07) is 3.96. The molecule has 0 aliphatic carbocycles. The zero-order valence-electron chi connectivity index (χ0n) is 9.64. The van der Waals surface area contributed by atoms with Crippen LogP contribution >= 0.6 is 24.4 Å². The van der Waals surface area contributed by atoms with Gasteiger partial charge in [0, 0.05) is 23.7 Å². The van der Waals surface area contributed by atoms with Crippen molar-refractivity contribution in [2.75, 3.05) is 12.0 Å². The molecule has 0 radical (unpaired) electrons. The van der Waals surface area contributed by atoms with E-state index in [0.29, 0.717) is 0 Å². The SMILES string of the molecule is CSCC(C)(S)c1cc2nc(C)ccn2n1. The van der Waals surface area contributed by atoms with Crippen molar-refractivity contribution in [2.24, 2.45) is 0 Å². The minimum Gasteiger partial charge on any atom is -0.234 e. The first-order chi connectivity index (χ1) is 7.53. The molecule has 86 valence electrons. The van der Waals surface area contributed by atoms with E-state index in [1.54, 1.807) is 16.3 Å². The molecule has 0 aliphatic heterocycles. The van der Waals surface area contributed by atoms with E-state index < -0.39 is 0 Å². The van der Waals surface area contributed by atoms with Crippen molar-refractivity contribution >= 4 is 30.0 Å². The van der Waals surface area contributed by atoms with Gasteiger partial charge in [0.2, 0.25) is 0 Å². The summed E-state index contributed by atoms with van der Waals surface area (Å²) in [7, 11) is 0. The molecule has 2 heterocycles. The van der Waals surface area contributed by atoms with Crippen molar-refractivity contribution in [3.63, 3.8) is 0 Å². The summed E-state index contributed by atoms with van der Waals surface area (Å²) in [5, 5.41) is 4.51. The van der Waals surface area contributed by atoms with Gasteiger partial charge >= 0.3 is 0 Å². The number of aryl methyl sites for hydroxylation is 1. The maximum absolute atomic E-state index is 4.67. The van der Waals surface area contributed by atoms with Gasteiger partial charge in [-0.3, -0.25) is 0 Å². The number of hydrogen-bond donors (Lipinski definition) is 1. The molecule has 0 aromatic carbocycles. The second kappa shape index (κ2) is 4.30. The summed E-state index contributed by atoms with van der Waals surface area (Å²) < 4.78 is 1.60. The third-order valence-electron chi connectivity index (χ3n) is 2.44. The number of fused-ring (bicyclic) bond motifs is 1. The summed E-state index contributed by atoms with van der Waals surface area (Å²) in [6.07, 6.45) is 4.01. The highest BCUT2D eigenvalue weighted by atomic mass is 32.2. The van der Waals surface area contributed by atoms with E-state index in [2.05, 4.69) is 35.9 Å². The number of aromatic nitrogens is 3. The molecule has 2 rings (SSSR count). The molecule has 0 spiro atoms. The van der Waals surface area contributed by atoms with Crippen molar-refractivity contribution in [1.82, 2.24) is 14.6 Å². The van der Waals surface area contributed by atoms with Gasteiger partial charge in [0.1, 0.15) is 0 Å². The summed E-state index contributed by atoms with van der Waals surface area (Å²) in [6.45, 7) is 4.07. The minimum absolute atomic E-state index is 0.207. The van der Waals surface area contributed by atoms with Crippen LogP contribution in [0, 0.1) is 6.92 Å². The maximum atomic E-state index is 4.67. The highest BCUT2D eigenvalue weighted by Crippen LogP contribution is 2.30. The smallest absolute Gasteiger partial charge is 0.155 e. The van der Waals surface area contributed by atoms with Crippen LogP contribution in [0.2, 0.25) is 0 Å². The Morgan fingerprint density at radius 3 is 3.00 bits per heavy atom. The monoisotopic (exact) mass is 253 g/mol. The van der Waals surface area contributed by atoms with Gasteiger partial charge in [-0.05, 0) is 26.2 Å². The lowest BCUT2D eigenvalue weighted by Gasteiger charge is -2.19. The number of hydrogen-bond acceptors (Lipinski definition) is 4. The lowest BCUT2D eigenvalue weighted by molar-refractivity contribution is 0.742. The van der Waals surface area contributed by atoms with Crippen molar-refractivity contribution in [3.8, 4) is 0 Å². The standard InChI is InChI=1S/C11H15N3S2/c1-8-4-5-14-10(12-8)6-9(13-14)11(2,15)7-16-3/h4-6,15H,7H2,1-3H3. The van der Waals surface area contributed by atoms with Crippen LogP contribution in [-0.4, -0.2) is 26.6 Å². The minimum atomic E-state index is -0.207. The second-order valence-electron chi connectivity index (χ2n) is 4.11. The predicted molar refractivity (Wildman–Crippen MR) is 72.4 cm³/mol. The Hall–Kier alpha value is -0.680. The van der Waals surface area contributed by atoms with E-state index in [0.717, 1.165) is 22.8 Å². The number of nitrogens with zero attached hydrogens (tertiary/aromatic N) is 3. The molecule has 2 aromatic heterocycles. The van der Waals surface area contributed by atoms with Gasteiger partial charge in [0.05, 0.1) is 10.4 Å². The van der Waals surface area contributed by atoms with Crippen LogP contribution in [0.5, 0.6) is 0 Å². The van der Waals surface area contributed by atoms with Crippen molar-refractivity contribution in [3.05, 3.63) is 29.7 Å². The van der Waals surface area contributed by atoms with Crippen LogP contribution in [0.3, 0.4) is 0 Å². The van der Waals surface area contributed by atoms with Crippen molar-refractivity contribution in [1.29, 1.82) is 0 Å². The van der Waals surface area contributed by atoms with E-state index in [4.69, 9.17) is 0 Å². The van der Waals surface area contributed by atoms with Gasteiger partial charge in [-0.2, -0.15) is 29.5 Å². The molecule has 1 unspecified atom stereocenters. The van der Waals surface area contributed by atoms with Crippen LogP contribution in [0.25, 0.3) is 5.65 Å². The highest BCUT2D eigenvalue weighted by Gasteiger charge is 2.24. The Morgan fingerprint density at radius 2 is 2.31 bits per heavy atom. The molecule has 0 bridgehead atoms. The molecule has 2 aromatic rings. The normalized spacial score (nSPS) is 15.2.